The number of aromatic nitrogens is 2. The molecule has 0 saturated carbocycles. The average Bonchev–Trinajstić information content (AvgIpc) is 3.38. The van der Waals surface area contributed by atoms with Gasteiger partial charge >= 0.3 is 0 Å². The van der Waals surface area contributed by atoms with Crippen molar-refractivity contribution < 1.29 is 9.90 Å². The molecule has 0 atom stereocenters. The first kappa shape index (κ1) is 22.6. The van der Waals surface area contributed by atoms with Crippen molar-refractivity contribution in [3.05, 3.63) is 130 Å². The molecule has 0 aliphatic rings. The van der Waals surface area contributed by atoms with E-state index in [4.69, 9.17) is 0 Å². The van der Waals surface area contributed by atoms with Gasteiger partial charge in [0.25, 0.3) is 0 Å². The SMILES string of the molecule is O=C(c1ccc2ccccc2c1)c1nn(-c2ccccc2)/c(=N/N=C\c2c(O)ccc3ccccc23)s1. The highest BCUT2D eigenvalue weighted by molar-refractivity contribution is 7.11. The van der Waals surface area contributed by atoms with Crippen molar-refractivity contribution in [2.75, 3.05) is 0 Å². The van der Waals surface area contributed by atoms with Crippen LogP contribution in [0.25, 0.3) is 27.2 Å². The van der Waals surface area contributed by atoms with Crippen LogP contribution < -0.4 is 4.80 Å². The fraction of sp³-hybridized carbons (Fsp3) is 0. The molecule has 6 nitrogen and oxygen atoms in total. The van der Waals surface area contributed by atoms with Crippen LogP contribution in [-0.4, -0.2) is 26.9 Å². The molecule has 0 amide bonds. The van der Waals surface area contributed by atoms with E-state index in [-0.39, 0.29) is 11.5 Å². The molecule has 6 aromatic rings. The predicted octanol–water partition coefficient (Wildman–Crippen LogP) is 6.11. The number of hydrogen-bond acceptors (Lipinski definition) is 6. The number of para-hydroxylation sites is 1. The van der Waals surface area contributed by atoms with Crippen LogP contribution in [0.15, 0.2) is 119 Å². The zero-order valence-corrected chi connectivity index (χ0v) is 20.3. The number of ketones is 1. The van der Waals surface area contributed by atoms with Crippen molar-refractivity contribution in [3.8, 4) is 11.4 Å². The zero-order valence-electron chi connectivity index (χ0n) is 19.5. The number of nitrogens with zero attached hydrogens (tertiary/aromatic N) is 4. The van der Waals surface area contributed by atoms with Gasteiger partial charge in [-0.25, -0.2) is 4.68 Å². The second-order valence-corrected chi connectivity index (χ2v) is 9.35. The molecule has 0 radical (unpaired) electrons. The molecular weight excluding hydrogens is 480 g/mol. The van der Waals surface area contributed by atoms with Gasteiger partial charge in [0.2, 0.25) is 10.6 Å². The number of hydrogen-bond donors (Lipinski definition) is 1. The minimum Gasteiger partial charge on any atom is -0.507 e. The molecule has 7 heteroatoms. The van der Waals surface area contributed by atoms with Crippen molar-refractivity contribution in [3.63, 3.8) is 0 Å². The molecule has 6 rings (SSSR count). The van der Waals surface area contributed by atoms with E-state index in [9.17, 15) is 9.90 Å². The number of carbonyl (C=O) groups excluding carboxylic acids is 1. The summed E-state index contributed by atoms with van der Waals surface area (Å²) in [6.45, 7) is 0. The third kappa shape index (κ3) is 4.44. The third-order valence-electron chi connectivity index (χ3n) is 6.04. The maximum Gasteiger partial charge on any atom is 0.233 e. The molecule has 0 spiro atoms. The maximum absolute atomic E-state index is 13.4. The highest BCUT2D eigenvalue weighted by Gasteiger charge is 2.17. The summed E-state index contributed by atoms with van der Waals surface area (Å²) in [6.07, 6.45) is 1.53. The Bertz CT molecular complexity index is 1870. The molecule has 0 bridgehead atoms. The van der Waals surface area contributed by atoms with Crippen molar-refractivity contribution in [2.45, 2.75) is 0 Å². The number of rotatable bonds is 5. The van der Waals surface area contributed by atoms with Gasteiger partial charge in [-0.05, 0) is 45.8 Å². The second kappa shape index (κ2) is 9.64. The Labute approximate surface area is 216 Å². The molecule has 0 fully saturated rings. The Kier molecular flexibility index (Phi) is 5.88. The number of carbonyl (C=O) groups is 1. The van der Waals surface area contributed by atoms with Gasteiger partial charge in [-0.2, -0.15) is 10.2 Å². The molecular formula is C30H20N4O2S. The Balaban J connectivity index is 1.43. The minimum atomic E-state index is -0.183. The minimum absolute atomic E-state index is 0.116. The van der Waals surface area contributed by atoms with E-state index in [0.29, 0.717) is 20.9 Å². The summed E-state index contributed by atoms with van der Waals surface area (Å²) >= 11 is 1.17. The summed E-state index contributed by atoms with van der Waals surface area (Å²) in [5, 5.41) is 27.9. The predicted molar refractivity (Wildman–Crippen MR) is 148 cm³/mol. The molecule has 1 N–H and O–H groups in total. The highest BCUT2D eigenvalue weighted by atomic mass is 32.1. The van der Waals surface area contributed by atoms with E-state index in [1.54, 1.807) is 10.7 Å². The first-order valence-electron chi connectivity index (χ1n) is 11.6. The Hall–Kier alpha value is -4.88. The Morgan fingerprint density at radius 1 is 0.811 bits per heavy atom. The Morgan fingerprint density at radius 3 is 2.35 bits per heavy atom. The lowest BCUT2D eigenvalue weighted by Gasteiger charge is -2.03. The summed E-state index contributed by atoms with van der Waals surface area (Å²) in [5.41, 5.74) is 1.90. The summed E-state index contributed by atoms with van der Waals surface area (Å²) in [7, 11) is 0. The van der Waals surface area contributed by atoms with Gasteiger partial charge in [0.1, 0.15) is 5.75 Å². The van der Waals surface area contributed by atoms with Crippen molar-refractivity contribution in [1.82, 2.24) is 9.78 Å². The van der Waals surface area contributed by atoms with E-state index in [0.717, 1.165) is 27.2 Å². The zero-order chi connectivity index (χ0) is 25.2. The molecule has 37 heavy (non-hydrogen) atoms. The lowest BCUT2D eigenvalue weighted by molar-refractivity contribution is 0.103. The molecule has 178 valence electrons. The van der Waals surface area contributed by atoms with Gasteiger partial charge < -0.3 is 5.11 Å². The summed E-state index contributed by atoms with van der Waals surface area (Å²) in [5.74, 6) is -0.0670. The normalized spacial score (nSPS) is 12.1. The number of phenolic OH excluding ortho intramolecular Hbond substituents is 1. The van der Waals surface area contributed by atoms with Crippen LogP contribution in [0.1, 0.15) is 20.9 Å². The van der Waals surface area contributed by atoms with Crippen LogP contribution in [0.2, 0.25) is 0 Å². The number of benzene rings is 5. The molecule has 0 saturated heterocycles. The van der Waals surface area contributed by atoms with Crippen LogP contribution in [0.5, 0.6) is 5.75 Å². The van der Waals surface area contributed by atoms with Crippen molar-refractivity contribution in [1.29, 1.82) is 0 Å². The number of aromatic hydroxyl groups is 1. The van der Waals surface area contributed by atoms with Crippen molar-refractivity contribution in [2.24, 2.45) is 10.2 Å². The third-order valence-corrected chi connectivity index (χ3v) is 6.94. The van der Waals surface area contributed by atoms with Gasteiger partial charge in [0.05, 0.1) is 11.9 Å². The first-order valence-corrected chi connectivity index (χ1v) is 12.5. The van der Waals surface area contributed by atoms with Gasteiger partial charge in [-0.1, -0.05) is 96.3 Å². The Morgan fingerprint density at radius 2 is 1.51 bits per heavy atom. The fourth-order valence-corrected chi connectivity index (χ4v) is 5.01. The van der Waals surface area contributed by atoms with Gasteiger partial charge in [-0.3, -0.25) is 4.79 Å². The number of fused-ring (bicyclic) bond motifs is 2. The topological polar surface area (TPSA) is 79.8 Å². The van der Waals surface area contributed by atoms with E-state index in [1.807, 2.05) is 103 Å². The molecule has 0 aliphatic heterocycles. The first-order chi connectivity index (χ1) is 18.2. The largest absolute Gasteiger partial charge is 0.507 e. The summed E-state index contributed by atoms with van der Waals surface area (Å²) < 4.78 is 1.61. The molecule has 1 heterocycles. The van der Waals surface area contributed by atoms with Gasteiger partial charge in [-0.15, -0.1) is 5.10 Å². The highest BCUT2D eigenvalue weighted by Crippen LogP contribution is 2.25. The van der Waals surface area contributed by atoms with E-state index in [1.165, 1.54) is 17.6 Å². The molecule has 1 aromatic heterocycles. The lowest BCUT2D eigenvalue weighted by atomic mass is 10.0. The van der Waals surface area contributed by atoms with Crippen LogP contribution in [-0.2, 0) is 0 Å². The van der Waals surface area contributed by atoms with Crippen LogP contribution in [0.4, 0.5) is 0 Å². The lowest BCUT2D eigenvalue weighted by Crippen LogP contribution is -2.14. The molecule has 0 unspecified atom stereocenters. The fourth-order valence-electron chi connectivity index (χ4n) is 4.19. The van der Waals surface area contributed by atoms with Gasteiger partial charge in [0, 0.05) is 11.1 Å². The monoisotopic (exact) mass is 500 g/mol. The van der Waals surface area contributed by atoms with Crippen LogP contribution >= 0.6 is 11.3 Å². The van der Waals surface area contributed by atoms with Crippen LogP contribution in [0.3, 0.4) is 0 Å². The summed E-state index contributed by atoms with van der Waals surface area (Å²) in [6, 6.07) is 34.3. The second-order valence-electron chi connectivity index (χ2n) is 8.39. The van der Waals surface area contributed by atoms with E-state index >= 15 is 0 Å². The van der Waals surface area contributed by atoms with Gasteiger partial charge in [0.15, 0.2) is 5.01 Å². The standard InChI is InChI=1S/C30H20N4O2S/c35-27-17-16-21-9-6-7-13-25(21)26(27)19-31-32-30-34(24-11-2-1-3-12-24)33-29(37-30)28(36)23-15-14-20-8-4-5-10-22(20)18-23/h1-19,35H/b31-19-,32-30-. The average molecular weight is 501 g/mol. The van der Waals surface area contributed by atoms with E-state index < -0.39 is 0 Å². The van der Waals surface area contributed by atoms with E-state index in [2.05, 4.69) is 15.3 Å². The maximum atomic E-state index is 13.4. The summed E-state index contributed by atoms with van der Waals surface area (Å²) in [4.78, 5) is 13.8. The molecule has 5 aromatic carbocycles. The van der Waals surface area contributed by atoms with Crippen molar-refractivity contribution >= 4 is 44.9 Å². The number of phenols is 1. The quantitative estimate of drug-likeness (QED) is 0.176. The molecule has 0 aliphatic carbocycles. The van der Waals surface area contributed by atoms with Crippen LogP contribution in [0, 0.1) is 0 Å². The smallest absolute Gasteiger partial charge is 0.233 e.